The highest BCUT2D eigenvalue weighted by Crippen LogP contribution is 2.61. The maximum absolute atomic E-state index is 12.7. The fourth-order valence-corrected chi connectivity index (χ4v) is 6.13. The zero-order valence-corrected chi connectivity index (χ0v) is 13.1. The number of rotatable bonds is 4. The summed E-state index contributed by atoms with van der Waals surface area (Å²) in [4.78, 5) is 14.1. The number of hydrogen-bond donors (Lipinski definition) is 2. The molecule has 5 rings (SSSR count). The molecule has 1 aromatic heterocycles. The molecule has 1 heterocycles. The highest BCUT2D eigenvalue weighted by Gasteiger charge is 2.59. The molecule has 4 aliphatic carbocycles. The fraction of sp³-hybridized carbons (Fsp3) is 0.706. The van der Waals surface area contributed by atoms with Crippen LogP contribution in [0.1, 0.15) is 43.4 Å². The third-order valence-corrected chi connectivity index (χ3v) is 6.69. The topological polar surface area (TPSA) is 49.3 Å². The van der Waals surface area contributed by atoms with Crippen LogP contribution in [0.4, 0.5) is 0 Å². The second-order valence-corrected chi connectivity index (χ2v) is 8.58. The summed E-state index contributed by atoms with van der Waals surface area (Å²) in [7, 11) is 0. The first-order valence-corrected chi connectivity index (χ1v) is 8.98. The first kappa shape index (κ1) is 13.8. The van der Waals surface area contributed by atoms with Crippen molar-refractivity contribution in [3.05, 3.63) is 22.4 Å². The molecule has 2 N–H and O–H groups in total. The Labute approximate surface area is 129 Å². The van der Waals surface area contributed by atoms with Gasteiger partial charge < -0.3 is 10.4 Å². The van der Waals surface area contributed by atoms with Crippen molar-refractivity contribution in [1.29, 1.82) is 0 Å². The van der Waals surface area contributed by atoms with Gasteiger partial charge in [0.15, 0.2) is 0 Å². The van der Waals surface area contributed by atoms with Gasteiger partial charge in [0, 0.05) is 11.4 Å². The molecular weight excluding hydrogens is 282 g/mol. The van der Waals surface area contributed by atoms with Gasteiger partial charge in [-0.2, -0.15) is 0 Å². The molecule has 3 nitrogen and oxygen atoms in total. The minimum Gasteiger partial charge on any atom is -0.390 e. The molecule has 2 atom stereocenters. The molecule has 0 radical (unpaired) electrons. The monoisotopic (exact) mass is 305 g/mol. The van der Waals surface area contributed by atoms with E-state index >= 15 is 0 Å². The molecule has 4 bridgehead atoms. The van der Waals surface area contributed by atoms with Gasteiger partial charge in [0.1, 0.15) is 0 Å². The van der Waals surface area contributed by atoms with Gasteiger partial charge in [0.2, 0.25) is 5.91 Å². The lowest BCUT2D eigenvalue weighted by atomic mass is 9.47. The van der Waals surface area contributed by atoms with E-state index in [9.17, 15) is 9.90 Å². The van der Waals surface area contributed by atoms with Crippen LogP contribution >= 0.6 is 11.3 Å². The quantitative estimate of drug-likeness (QED) is 0.898. The highest BCUT2D eigenvalue weighted by molar-refractivity contribution is 7.09. The highest BCUT2D eigenvalue weighted by atomic mass is 32.1. The van der Waals surface area contributed by atoms with E-state index in [1.807, 2.05) is 0 Å². The minimum atomic E-state index is -0.546. The van der Waals surface area contributed by atoms with Gasteiger partial charge >= 0.3 is 0 Å². The van der Waals surface area contributed by atoms with Crippen molar-refractivity contribution >= 4 is 17.2 Å². The van der Waals surface area contributed by atoms with Crippen LogP contribution in [0.2, 0.25) is 0 Å². The Morgan fingerprint density at radius 3 is 2.71 bits per heavy atom. The predicted octanol–water partition coefficient (Wildman–Crippen LogP) is 2.74. The Kier molecular flexibility index (Phi) is 3.16. The molecule has 0 aromatic carbocycles. The number of hydrogen-bond acceptors (Lipinski definition) is 3. The summed E-state index contributed by atoms with van der Waals surface area (Å²) in [6.07, 6.45) is 6.68. The molecule has 2 unspecified atom stereocenters. The maximum atomic E-state index is 12.7. The lowest BCUT2D eigenvalue weighted by Gasteiger charge is -2.59. The first-order chi connectivity index (χ1) is 10.1. The predicted molar refractivity (Wildman–Crippen MR) is 83.1 cm³/mol. The Morgan fingerprint density at radius 1 is 1.33 bits per heavy atom. The van der Waals surface area contributed by atoms with Crippen molar-refractivity contribution in [2.24, 2.45) is 17.3 Å². The molecule has 21 heavy (non-hydrogen) atoms. The lowest BCUT2D eigenvalue weighted by molar-refractivity contribution is -0.178. The molecule has 4 aliphatic rings. The smallest absolute Gasteiger partial charge is 0.226 e. The standard InChI is InChI=1S/C17H23NO2S/c19-15(18-4-3-14-2-1-5-21-14)16-7-12-6-13(8-16)10-17(20,9-12)11-16/h1-2,5,12-13,20H,3-4,6-11H2,(H,18,19). The summed E-state index contributed by atoms with van der Waals surface area (Å²) < 4.78 is 0. The van der Waals surface area contributed by atoms with E-state index in [1.165, 1.54) is 11.3 Å². The van der Waals surface area contributed by atoms with E-state index in [4.69, 9.17) is 0 Å². The van der Waals surface area contributed by atoms with Crippen LogP contribution in [0.5, 0.6) is 0 Å². The number of carbonyl (C=O) groups excluding carboxylic acids is 1. The van der Waals surface area contributed by atoms with Gasteiger partial charge in [0.25, 0.3) is 0 Å². The summed E-state index contributed by atoms with van der Waals surface area (Å²) in [5.74, 6) is 1.34. The maximum Gasteiger partial charge on any atom is 0.226 e. The van der Waals surface area contributed by atoms with Crippen molar-refractivity contribution in [3.8, 4) is 0 Å². The molecule has 0 aliphatic heterocycles. The van der Waals surface area contributed by atoms with E-state index in [1.54, 1.807) is 11.3 Å². The first-order valence-electron chi connectivity index (χ1n) is 8.10. The van der Waals surface area contributed by atoms with E-state index in [2.05, 4.69) is 22.8 Å². The van der Waals surface area contributed by atoms with Crippen LogP contribution in [0.3, 0.4) is 0 Å². The van der Waals surface area contributed by atoms with Crippen molar-refractivity contribution in [2.45, 2.75) is 50.5 Å². The Bertz CT molecular complexity index is 525. The normalized spacial score (nSPS) is 40.4. The number of nitrogens with one attached hydrogen (secondary N) is 1. The third-order valence-electron chi connectivity index (χ3n) is 5.75. The number of carbonyl (C=O) groups is 1. The number of amides is 1. The van der Waals surface area contributed by atoms with E-state index in [0.29, 0.717) is 18.3 Å². The van der Waals surface area contributed by atoms with Gasteiger partial charge in [-0.3, -0.25) is 4.79 Å². The molecular formula is C17H23NO2S. The summed E-state index contributed by atoms with van der Waals surface area (Å²) in [5.41, 5.74) is -0.816. The molecule has 0 spiro atoms. The van der Waals surface area contributed by atoms with Crippen molar-refractivity contribution in [3.63, 3.8) is 0 Å². The number of aliphatic hydroxyl groups is 1. The Morgan fingerprint density at radius 2 is 2.10 bits per heavy atom. The van der Waals surface area contributed by atoms with Gasteiger partial charge in [-0.25, -0.2) is 0 Å². The summed E-state index contributed by atoms with van der Waals surface area (Å²) in [6.45, 7) is 0.717. The molecule has 4 heteroatoms. The summed E-state index contributed by atoms with van der Waals surface area (Å²) in [5, 5.41) is 15.9. The summed E-state index contributed by atoms with van der Waals surface area (Å²) >= 11 is 1.74. The molecule has 0 saturated heterocycles. The van der Waals surface area contributed by atoms with Crippen molar-refractivity contribution < 1.29 is 9.90 Å². The summed E-state index contributed by atoms with van der Waals surface area (Å²) in [6, 6.07) is 4.17. The third kappa shape index (κ3) is 2.42. The van der Waals surface area contributed by atoms with Crippen LogP contribution in [0.15, 0.2) is 17.5 Å². The molecule has 1 aromatic rings. The van der Waals surface area contributed by atoms with Gasteiger partial charge in [-0.05, 0) is 68.2 Å². The Hall–Kier alpha value is -0.870. The molecule has 4 fully saturated rings. The van der Waals surface area contributed by atoms with Gasteiger partial charge in [-0.1, -0.05) is 6.07 Å². The average Bonchev–Trinajstić information content (AvgIpc) is 2.88. The zero-order valence-electron chi connectivity index (χ0n) is 12.3. The molecule has 4 saturated carbocycles. The van der Waals surface area contributed by atoms with Gasteiger partial charge in [-0.15, -0.1) is 11.3 Å². The zero-order chi connectivity index (χ0) is 14.5. The average molecular weight is 305 g/mol. The van der Waals surface area contributed by atoms with Crippen molar-refractivity contribution in [1.82, 2.24) is 5.32 Å². The largest absolute Gasteiger partial charge is 0.390 e. The van der Waals surface area contributed by atoms with E-state index < -0.39 is 5.60 Å². The lowest BCUT2D eigenvalue weighted by Crippen LogP contribution is -2.60. The fourth-order valence-electron chi connectivity index (χ4n) is 5.42. The van der Waals surface area contributed by atoms with Crippen LogP contribution in [-0.4, -0.2) is 23.2 Å². The van der Waals surface area contributed by atoms with E-state index in [-0.39, 0.29) is 11.3 Å². The van der Waals surface area contributed by atoms with Gasteiger partial charge in [0.05, 0.1) is 11.0 Å². The molecule has 114 valence electrons. The second-order valence-electron chi connectivity index (χ2n) is 7.55. The van der Waals surface area contributed by atoms with Crippen LogP contribution in [0, 0.1) is 17.3 Å². The van der Waals surface area contributed by atoms with Crippen molar-refractivity contribution in [2.75, 3.05) is 6.54 Å². The number of thiophene rings is 1. The van der Waals surface area contributed by atoms with Crippen LogP contribution in [-0.2, 0) is 11.2 Å². The SMILES string of the molecule is O=C(NCCc1cccs1)C12CC3CC(CC(O)(C3)C1)C2. The minimum absolute atomic E-state index is 0.201. The second kappa shape index (κ2) is 4.82. The van der Waals surface area contributed by atoms with E-state index in [0.717, 1.165) is 38.6 Å². The van der Waals surface area contributed by atoms with Crippen LogP contribution < -0.4 is 5.32 Å². The Balaban J connectivity index is 1.42. The molecule has 1 amide bonds. The van der Waals surface area contributed by atoms with Crippen LogP contribution in [0.25, 0.3) is 0 Å².